The maximum absolute atomic E-state index is 11.7. The fourth-order valence-electron chi connectivity index (χ4n) is 1.06. The summed E-state index contributed by atoms with van der Waals surface area (Å²) in [5, 5.41) is 8.56. The SMILES string of the molecule is Cc1ccc(OS(=O)Sc2nnc(C)s2)cc1. The van der Waals surface area contributed by atoms with Crippen LogP contribution in [0.5, 0.6) is 5.75 Å². The van der Waals surface area contributed by atoms with Crippen molar-refractivity contribution < 1.29 is 8.39 Å². The van der Waals surface area contributed by atoms with Crippen LogP contribution in [0.4, 0.5) is 0 Å². The maximum Gasteiger partial charge on any atom is 0.278 e. The Kier molecular flexibility index (Phi) is 4.14. The maximum atomic E-state index is 11.7. The summed E-state index contributed by atoms with van der Waals surface area (Å²) >= 11 is 1.40. The molecule has 4 nitrogen and oxygen atoms in total. The first-order chi connectivity index (χ1) is 8.13. The van der Waals surface area contributed by atoms with E-state index in [0.29, 0.717) is 10.1 Å². The Hall–Kier alpha value is -0.920. The quantitative estimate of drug-likeness (QED) is 0.809. The lowest BCUT2D eigenvalue weighted by atomic mass is 10.2. The van der Waals surface area contributed by atoms with Crippen LogP contribution >= 0.6 is 22.1 Å². The molecule has 0 amide bonds. The summed E-state index contributed by atoms with van der Waals surface area (Å²) in [6.45, 7) is 3.84. The summed E-state index contributed by atoms with van der Waals surface area (Å²) < 4.78 is 17.6. The van der Waals surface area contributed by atoms with Crippen molar-refractivity contribution in [2.45, 2.75) is 18.2 Å². The van der Waals surface area contributed by atoms with Crippen molar-refractivity contribution in [3.05, 3.63) is 34.8 Å². The first-order valence-corrected chi connectivity index (χ1v) is 8.01. The summed E-state index contributed by atoms with van der Waals surface area (Å²) in [5.41, 5.74) is 1.13. The van der Waals surface area contributed by atoms with Crippen LogP contribution in [0, 0.1) is 13.8 Å². The van der Waals surface area contributed by atoms with E-state index in [-0.39, 0.29) is 0 Å². The zero-order chi connectivity index (χ0) is 12.3. The molecule has 0 N–H and O–H groups in total. The van der Waals surface area contributed by atoms with E-state index >= 15 is 0 Å². The molecule has 0 bridgehead atoms. The number of hydrogen-bond donors (Lipinski definition) is 0. The number of aromatic nitrogens is 2. The van der Waals surface area contributed by atoms with Gasteiger partial charge < -0.3 is 4.18 Å². The lowest BCUT2D eigenvalue weighted by Crippen LogP contribution is -1.94. The normalized spacial score (nSPS) is 12.4. The van der Waals surface area contributed by atoms with Crippen molar-refractivity contribution in [1.82, 2.24) is 10.2 Å². The van der Waals surface area contributed by atoms with Gasteiger partial charge in [0.25, 0.3) is 10.1 Å². The second-order valence-electron chi connectivity index (χ2n) is 3.27. The van der Waals surface area contributed by atoms with Crippen LogP contribution in [0.2, 0.25) is 0 Å². The zero-order valence-corrected chi connectivity index (χ0v) is 11.7. The van der Waals surface area contributed by atoms with Crippen LogP contribution in [0.3, 0.4) is 0 Å². The van der Waals surface area contributed by atoms with E-state index in [0.717, 1.165) is 21.4 Å². The molecule has 90 valence electrons. The van der Waals surface area contributed by atoms with E-state index in [4.69, 9.17) is 4.18 Å². The highest BCUT2D eigenvalue weighted by atomic mass is 33.1. The molecule has 1 aromatic carbocycles. The minimum Gasteiger partial charge on any atom is -0.392 e. The summed E-state index contributed by atoms with van der Waals surface area (Å²) in [6.07, 6.45) is 0. The van der Waals surface area contributed by atoms with Crippen molar-refractivity contribution in [2.75, 3.05) is 0 Å². The van der Waals surface area contributed by atoms with E-state index in [1.54, 1.807) is 12.1 Å². The van der Waals surface area contributed by atoms with E-state index in [1.807, 2.05) is 26.0 Å². The lowest BCUT2D eigenvalue weighted by molar-refractivity contribution is 0.577. The smallest absolute Gasteiger partial charge is 0.278 e. The summed E-state index contributed by atoms with van der Waals surface area (Å²) in [4.78, 5) is 0. The molecule has 17 heavy (non-hydrogen) atoms. The van der Waals surface area contributed by atoms with Crippen LogP contribution < -0.4 is 4.18 Å². The minimum absolute atomic E-state index is 0.586. The molecule has 0 saturated carbocycles. The highest BCUT2D eigenvalue weighted by Crippen LogP contribution is 2.27. The van der Waals surface area contributed by atoms with Crippen LogP contribution in [-0.4, -0.2) is 14.4 Å². The molecule has 1 aromatic heterocycles. The average Bonchev–Trinajstić information content (AvgIpc) is 2.67. The zero-order valence-electron chi connectivity index (χ0n) is 9.25. The van der Waals surface area contributed by atoms with Crippen molar-refractivity contribution in [1.29, 1.82) is 0 Å². The molecule has 2 rings (SSSR count). The van der Waals surface area contributed by atoms with Gasteiger partial charge in [0, 0.05) is 0 Å². The van der Waals surface area contributed by atoms with Gasteiger partial charge in [-0.25, -0.2) is 4.21 Å². The highest BCUT2D eigenvalue weighted by molar-refractivity contribution is 8.67. The molecule has 1 unspecified atom stereocenters. The second kappa shape index (κ2) is 5.61. The fraction of sp³-hybridized carbons (Fsp3) is 0.200. The molecule has 1 atom stereocenters. The molecular formula is C10H10N2O2S3. The molecule has 0 aliphatic rings. The van der Waals surface area contributed by atoms with Crippen molar-refractivity contribution in [3.8, 4) is 5.75 Å². The fourth-order valence-corrected chi connectivity index (χ4v) is 4.06. The molecule has 0 aliphatic heterocycles. The Morgan fingerprint density at radius 3 is 2.53 bits per heavy atom. The van der Waals surface area contributed by atoms with Gasteiger partial charge in [0.15, 0.2) is 4.34 Å². The topological polar surface area (TPSA) is 52.1 Å². The minimum atomic E-state index is -1.49. The molecule has 2 aromatic rings. The third kappa shape index (κ3) is 3.79. The Labute approximate surface area is 109 Å². The third-order valence-electron chi connectivity index (χ3n) is 1.83. The van der Waals surface area contributed by atoms with Crippen LogP contribution in [-0.2, 0) is 10.1 Å². The summed E-state index contributed by atoms with van der Waals surface area (Å²) in [7, 11) is -0.432. The highest BCUT2D eigenvalue weighted by Gasteiger charge is 2.09. The molecule has 7 heteroatoms. The molecule has 0 saturated heterocycles. The largest absolute Gasteiger partial charge is 0.392 e. The number of hydrogen-bond acceptors (Lipinski definition) is 6. The van der Waals surface area contributed by atoms with Gasteiger partial charge in [0.1, 0.15) is 10.8 Å². The standard InChI is InChI=1S/C10H10N2O2S3/c1-7-3-5-9(6-4-7)14-17(13)16-10-12-11-8(2)15-10/h3-6H,1-2H3. The van der Waals surface area contributed by atoms with Crippen LogP contribution in [0.25, 0.3) is 0 Å². The Morgan fingerprint density at radius 2 is 1.94 bits per heavy atom. The molecule has 0 fully saturated rings. The van der Waals surface area contributed by atoms with Crippen LogP contribution in [0.1, 0.15) is 10.6 Å². The van der Waals surface area contributed by atoms with Gasteiger partial charge in [-0.2, -0.15) is 0 Å². The van der Waals surface area contributed by atoms with E-state index in [9.17, 15) is 4.21 Å². The molecule has 0 spiro atoms. The second-order valence-corrected chi connectivity index (χ2v) is 7.16. The van der Waals surface area contributed by atoms with Crippen LogP contribution in [0.15, 0.2) is 28.6 Å². The van der Waals surface area contributed by atoms with Gasteiger partial charge in [-0.05, 0) is 26.0 Å². The van der Waals surface area contributed by atoms with Gasteiger partial charge in [0.05, 0.1) is 10.8 Å². The number of rotatable bonds is 4. The predicted molar refractivity (Wildman–Crippen MR) is 70.5 cm³/mol. The Morgan fingerprint density at radius 1 is 1.24 bits per heavy atom. The summed E-state index contributed by atoms with van der Waals surface area (Å²) in [6, 6.07) is 7.40. The van der Waals surface area contributed by atoms with Crippen molar-refractivity contribution >= 4 is 32.2 Å². The molecular weight excluding hydrogens is 276 g/mol. The average molecular weight is 286 g/mol. The van der Waals surface area contributed by atoms with E-state index in [2.05, 4.69) is 10.2 Å². The molecule has 1 heterocycles. The predicted octanol–water partition coefficient (Wildman–Crippen LogP) is 2.90. The number of nitrogens with zero attached hydrogens (tertiary/aromatic N) is 2. The van der Waals surface area contributed by atoms with Gasteiger partial charge >= 0.3 is 0 Å². The molecule has 0 aliphatic carbocycles. The van der Waals surface area contributed by atoms with Gasteiger partial charge in [0.2, 0.25) is 0 Å². The third-order valence-corrected chi connectivity index (χ3v) is 5.06. The number of aryl methyl sites for hydroxylation is 2. The van der Waals surface area contributed by atoms with E-state index < -0.39 is 10.1 Å². The van der Waals surface area contributed by atoms with E-state index in [1.165, 1.54) is 11.3 Å². The lowest BCUT2D eigenvalue weighted by Gasteiger charge is -2.02. The summed E-state index contributed by atoms with van der Waals surface area (Å²) in [5.74, 6) is 0.586. The van der Waals surface area contributed by atoms with Crippen molar-refractivity contribution in [3.63, 3.8) is 0 Å². The first-order valence-electron chi connectivity index (χ1n) is 4.79. The monoisotopic (exact) mass is 286 g/mol. The Bertz CT molecular complexity index is 525. The first kappa shape index (κ1) is 12.5. The van der Waals surface area contributed by atoms with Crippen molar-refractivity contribution in [2.24, 2.45) is 0 Å². The number of benzene rings is 1. The molecule has 0 radical (unpaired) electrons. The van der Waals surface area contributed by atoms with Gasteiger partial charge in [-0.1, -0.05) is 29.0 Å². The Balaban J connectivity index is 1.95. The van der Waals surface area contributed by atoms with Gasteiger partial charge in [-0.15, -0.1) is 10.2 Å². The van der Waals surface area contributed by atoms with Gasteiger partial charge in [-0.3, -0.25) is 0 Å².